The molecule has 0 radical (unpaired) electrons. The molecule has 0 bridgehead atoms. The fourth-order valence-electron chi connectivity index (χ4n) is 2.75. The van der Waals surface area contributed by atoms with Crippen LogP contribution in [0.15, 0.2) is 77.9 Å². The number of hydrogen-bond acceptors (Lipinski definition) is 6. The summed E-state index contributed by atoms with van der Waals surface area (Å²) in [6.45, 7) is 1.56. The second-order valence-electron chi connectivity index (χ2n) is 6.69. The number of ether oxygens (including phenoxy) is 2. The lowest BCUT2D eigenvalue weighted by atomic mass is 10.1. The molecule has 0 aromatic heterocycles. The van der Waals surface area contributed by atoms with Gasteiger partial charge in [0.25, 0.3) is 0 Å². The number of esters is 1. The van der Waals surface area contributed by atoms with E-state index in [2.05, 4.69) is 15.8 Å². The van der Waals surface area contributed by atoms with Crippen LogP contribution >= 0.6 is 0 Å². The van der Waals surface area contributed by atoms with Crippen molar-refractivity contribution in [2.45, 2.75) is 6.92 Å². The summed E-state index contributed by atoms with van der Waals surface area (Å²) in [6.07, 6.45) is 0. The van der Waals surface area contributed by atoms with Gasteiger partial charge in [0.1, 0.15) is 17.3 Å². The van der Waals surface area contributed by atoms with Crippen LogP contribution < -0.4 is 20.2 Å². The van der Waals surface area contributed by atoms with Crippen LogP contribution in [0.2, 0.25) is 0 Å². The first kappa shape index (κ1) is 23.1. The van der Waals surface area contributed by atoms with E-state index in [1.807, 2.05) is 0 Å². The number of para-hydroxylation sites is 2. The topological polar surface area (TPSA) is 106 Å². The summed E-state index contributed by atoms with van der Waals surface area (Å²) in [7, 11) is 1.49. The fourth-order valence-corrected chi connectivity index (χ4v) is 2.75. The number of amides is 2. The molecule has 3 rings (SSSR count). The molecule has 0 heterocycles. The van der Waals surface area contributed by atoms with Crippen molar-refractivity contribution in [1.29, 1.82) is 0 Å². The smallest absolute Gasteiger partial charge is 0.343 e. The average Bonchev–Trinajstić information content (AvgIpc) is 2.84. The maximum absolute atomic E-state index is 13.6. The third-order valence-electron chi connectivity index (χ3n) is 4.44. The van der Waals surface area contributed by atoms with E-state index in [1.54, 1.807) is 55.5 Å². The molecule has 0 saturated carbocycles. The molecule has 0 spiro atoms. The van der Waals surface area contributed by atoms with Crippen LogP contribution in [0.4, 0.5) is 10.1 Å². The number of nitrogens with one attached hydrogen (secondary N) is 2. The minimum absolute atomic E-state index is 0.131. The number of carbonyl (C=O) groups excluding carboxylic acids is 3. The van der Waals surface area contributed by atoms with E-state index in [-0.39, 0.29) is 22.7 Å². The molecule has 0 atom stereocenters. The largest absolute Gasteiger partial charge is 0.497 e. The van der Waals surface area contributed by atoms with Crippen molar-refractivity contribution in [3.8, 4) is 11.5 Å². The molecule has 2 amide bonds. The highest BCUT2D eigenvalue weighted by molar-refractivity contribution is 6.39. The van der Waals surface area contributed by atoms with Crippen LogP contribution in [-0.4, -0.2) is 30.6 Å². The molecule has 3 aromatic carbocycles. The van der Waals surface area contributed by atoms with Gasteiger partial charge in [-0.05, 0) is 49.4 Å². The average molecular weight is 449 g/mol. The van der Waals surface area contributed by atoms with E-state index in [0.717, 1.165) is 6.07 Å². The van der Waals surface area contributed by atoms with E-state index in [0.29, 0.717) is 11.3 Å². The maximum atomic E-state index is 13.6. The number of rotatable bonds is 6. The lowest BCUT2D eigenvalue weighted by Crippen LogP contribution is -2.33. The highest BCUT2D eigenvalue weighted by atomic mass is 19.1. The van der Waals surface area contributed by atoms with Gasteiger partial charge in [-0.15, -0.1) is 0 Å². The Labute approximate surface area is 189 Å². The van der Waals surface area contributed by atoms with Crippen molar-refractivity contribution >= 4 is 29.2 Å². The van der Waals surface area contributed by atoms with Gasteiger partial charge in [-0.2, -0.15) is 5.10 Å². The summed E-state index contributed by atoms with van der Waals surface area (Å²) in [5.41, 5.74) is 2.96. The highest BCUT2D eigenvalue weighted by Gasteiger charge is 2.17. The van der Waals surface area contributed by atoms with Crippen LogP contribution in [0, 0.1) is 5.82 Å². The number of benzene rings is 3. The van der Waals surface area contributed by atoms with E-state index in [1.165, 1.54) is 25.3 Å². The van der Waals surface area contributed by atoms with Gasteiger partial charge in [-0.1, -0.05) is 30.3 Å². The zero-order chi connectivity index (χ0) is 23.8. The van der Waals surface area contributed by atoms with E-state index < -0.39 is 23.6 Å². The highest BCUT2D eigenvalue weighted by Crippen LogP contribution is 2.21. The van der Waals surface area contributed by atoms with Gasteiger partial charge in [0.05, 0.1) is 24.1 Å². The minimum Gasteiger partial charge on any atom is -0.497 e. The number of halogens is 1. The number of hydrazone groups is 1. The standard InChI is InChI=1S/C24H20FN3O5/c1-15(27-28-23(30)22(29)26-20-12-5-4-11-19(20)25)18-10-3-6-13-21(18)33-24(31)16-8-7-9-17(14-16)32-2/h3-14H,1-2H3,(H,26,29)(H,28,30)/b27-15+. The molecule has 9 heteroatoms. The third kappa shape index (κ3) is 6.01. The number of hydrogen-bond donors (Lipinski definition) is 2. The lowest BCUT2D eigenvalue weighted by molar-refractivity contribution is -0.136. The molecule has 0 saturated heterocycles. The van der Waals surface area contributed by atoms with Gasteiger partial charge < -0.3 is 14.8 Å². The van der Waals surface area contributed by atoms with Gasteiger partial charge in [0.2, 0.25) is 0 Å². The van der Waals surface area contributed by atoms with Gasteiger partial charge in [0, 0.05) is 5.56 Å². The van der Waals surface area contributed by atoms with Crippen LogP contribution in [0.3, 0.4) is 0 Å². The van der Waals surface area contributed by atoms with Crippen molar-refractivity contribution in [1.82, 2.24) is 5.43 Å². The Morgan fingerprint density at radius 3 is 2.39 bits per heavy atom. The molecule has 2 N–H and O–H groups in total. The number of nitrogens with zero attached hydrogens (tertiary/aromatic N) is 1. The number of methoxy groups -OCH3 is 1. The first-order chi connectivity index (χ1) is 15.9. The molecule has 168 valence electrons. The van der Waals surface area contributed by atoms with Crippen molar-refractivity contribution in [2.24, 2.45) is 5.10 Å². The van der Waals surface area contributed by atoms with Crippen LogP contribution in [0.1, 0.15) is 22.8 Å². The quantitative estimate of drug-likeness (QED) is 0.197. The zero-order valence-electron chi connectivity index (χ0n) is 17.8. The van der Waals surface area contributed by atoms with E-state index >= 15 is 0 Å². The molecule has 3 aromatic rings. The number of carbonyl (C=O) groups is 3. The Morgan fingerprint density at radius 1 is 0.909 bits per heavy atom. The molecule has 0 aliphatic carbocycles. The summed E-state index contributed by atoms with van der Waals surface area (Å²) in [5.74, 6) is -2.76. The Hall–Kier alpha value is -4.53. The molecule has 0 aliphatic heterocycles. The molecular formula is C24H20FN3O5. The SMILES string of the molecule is COc1cccc(C(=O)Oc2ccccc2/C(C)=N/NC(=O)C(=O)Nc2ccccc2F)c1. The lowest BCUT2D eigenvalue weighted by Gasteiger charge is -2.11. The first-order valence-corrected chi connectivity index (χ1v) is 9.75. The Kier molecular flexibility index (Phi) is 7.48. The van der Waals surface area contributed by atoms with Crippen molar-refractivity contribution < 1.29 is 28.2 Å². The second kappa shape index (κ2) is 10.7. The number of anilines is 1. The zero-order valence-corrected chi connectivity index (χ0v) is 17.8. The fraction of sp³-hybridized carbons (Fsp3) is 0.0833. The Balaban J connectivity index is 1.70. The van der Waals surface area contributed by atoms with E-state index in [9.17, 15) is 18.8 Å². The summed E-state index contributed by atoms with van der Waals surface area (Å²) in [6, 6.07) is 18.5. The van der Waals surface area contributed by atoms with Crippen molar-refractivity contribution in [3.05, 3.63) is 89.7 Å². The van der Waals surface area contributed by atoms with Crippen LogP contribution in [0.5, 0.6) is 11.5 Å². The maximum Gasteiger partial charge on any atom is 0.343 e. The Morgan fingerprint density at radius 2 is 1.64 bits per heavy atom. The van der Waals surface area contributed by atoms with Crippen molar-refractivity contribution in [2.75, 3.05) is 12.4 Å². The second-order valence-corrected chi connectivity index (χ2v) is 6.69. The third-order valence-corrected chi connectivity index (χ3v) is 4.44. The van der Waals surface area contributed by atoms with Crippen LogP contribution in [-0.2, 0) is 9.59 Å². The first-order valence-electron chi connectivity index (χ1n) is 9.75. The Bertz CT molecular complexity index is 1230. The van der Waals surface area contributed by atoms with Gasteiger partial charge in [0.15, 0.2) is 0 Å². The van der Waals surface area contributed by atoms with Gasteiger partial charge in [-0.25, -0.2) is 14.6 Å². The molecule has 0 unspecified atom stereocenters. The van der Waals surface area contributed by atoms with Crippen LogP contribution in [0.25, 0.3) is 0 Å². The predicted molar refractivity (Wildman–Crippen MR) is 120 cm³/mol. The molecule has 0 aliphatic rings. The van der Waals surface area contributed by atoms with E-state index in [4.69, 9.17) is 9.47 Å². The minimum atomic E-state index is -1.09. The van der Waals surface area contributed by atoms with Gasteiger partial charge in [-0.3, -0.25) is 9.59 Å². The molecule has 8 nitrogen and oxygen atoms in total. The molecule has 0 fully saturated rings. The van der Waals surface area contributed by atoms with Gasteiger partial charge >= 0.3 is 17.8 Å². The van der Waals surface area contributed by atoms with Crippen molar-refractivity contribution in [3.63, 3.8) is 0 Å². The monoisotopic (exact) mass is 449 g/mol. The molecule has 33 heavy (non-hydrogen) atoms. The normalized spacial score (nSPS) is 10.8. The molecular weight excluding hydrogens is 429 g/mol. The predicted octanol–water partition coefficient (Wildman–Crippen LogP) is 3.53. The summed E-state index contributed by atoms with van der Waals surface area (Å²) >= 11 is 0. The summed E-state index contributed by atoms with van der Waals surface area (Å²) in [4.78, 5) is 36.6. The summed E-state index contributed by atoms with van der Waals surface area (Å²) < 4.78 is 24.2. The summed E-state index contributed by atoms with van der Waals surface area (Å²) in [5, 5.41) is 6.06.